The molecule has 12 heteroatoms. The van der Waals surface area contributed by atoms with Gasteiger partial charge in [0.1, 0.15) is 6.04 Å². The molecule has 11 nitrogen and oxygen atoms in total. The van der Waals surface area contributed by atoms with Crippen LogP contribution in [-0.4, -0.2) is 93.5 Å². The second kappa shape index (κ2) is 12.2. The van der Waals surface area contributed by atoms with E-state index >= 15 is 0 Å². The number of piperazine rings is 1. The van der Waals surface area contributed by atoms with Gasteiger partial charge >= 0.3 is 0 Å². The van der Waals surface area contributed by atoms with Crippen molar-refractivity contribution in [1.29, 1.82) is 5.41 Å². The van der Waals surface area contributed by atoms with Crippen LogP contribution in [0.15, 0.2) is 41.9 Å². The molecule has 40 heavy (non-hydrogen) atoms. The van der Waals surface area contributed by atoms with E-state index in [4.69, 9.17) is 11.1 Å². The molecule has 0 bridgehead atoms. The molecule has 0 aliphatic carbocycles. The van der Waals surface area contributed by atoms with Crippen LogP contribution in [-0.2, 0) is 20.8 Å². The number of hydrogen-bond donors (Lipinski definition) is 3. The zero-order valence-electron chi connectivity index (χ0n) is 22.3. The second-order valence-electron chi connectivity index (χ2n) is 10.7. The highest BCUT2D eigenvalue weighted by Gasteiger charge is 2.46. The molecule has 212 valence electrons. The lowest BCUT2D eigenvalue weighted by Gasteiger charge is -2.40. The maximum absolute atomic E-state index is 13.6. The van der Waals surface area contributed by atoms with E-state index in [0.717, 1.165) is 5.56 Å². The van der Waals surface area contributed by atoms with Crippen LogP contribution in [0.5, 0.6) is 0 Å². The molecule has 0 spiro atoms. The number of nitrogens with two attached hydrogens (primary N) is 1. The fourth-order valence-corrected chi connectivity index (χ4v) is 6.72. The van der Waals surface area contributed by atoms with Crippen LogP contribution in [0.3, 0.4) is 0 Å². The van der Waals surface area contributed by atoms with Crippen molar-refractivity contribution in [1.82, 2.24) is 25.0 Å². The maximum atomic E-state index is 13.6. The number of carbonyl (C=O) groups is 4. The summed E-state index contributed by atoms with van der Waals surface area (Å²) in [7, 11) is 0. The summed E-state index contributed by atoms with van der Waals surface area (Å²) in [6.07, 6.45) is 4.80. The third kappa shape index (κ3) is 6.01. The number of nitrogens with zero attached hydrogens (tertiary/aromatic N) is 4. The summed E-state index contributed by atoms with van der Waals surface area (Å²) in [5.41, 5.74) is 6.71. The van der Waals surface area contributed by atoms with Crippen molar-refractivity contribution in [2.45, 2.75) is 56.7 Å². The molecular formula is C28H35N7O4S. The lowest BCUT2D eigenvalue weighted by Crippen LogP contribution is -2.61. The predicted molar refractivity (Wildman–Crippen MR) is 150 cm³/mol. The minimum atomic E-state index is -0.775. The Balaban J connectivity index is 1.22. The Morgan fingerprint density at radius 1 is 1.10 bits per heavy atom. The van der Waals surface area contributed by atoms with Crippen molar-refractivity contribution in [3.05, 3.63) is 52.5 Å². The number of likely N-dealkylation sites (tertiary alicyclic amines) is 1. The molecule has 4 N–H and O–H groups in total. The van der Waals surface area contributed by atoms with Crippen molar-refractivity contribution in [3.8, 4) is 0 Å². The largest absolute Gasteiger partial charge is 0.370 e. The minimum absolute atomic E-state index is 0.00140. The van der Waals surface area contributed by atoms with E-state index in [1.165, 1.54) is 11.3 Å². The Kier molecular flexibility index (Phi) is 8.43. The monoisotopic (exact) mass is 565 g/mol. The number of hydrogen-bond acceptors (Lipinski definition) is 7. The quantitative estimate of drug-likeness (QED) is 0.247. The summed E-state index contributed by atoms with van der Waals surface area (Å²) >= 11 is 1.23. The number of amides is 3. The number of aromatic nitrogens is 1. The van der Waals surface area contributed by atoms with Crippen molar-refractivity contribution in [3.63, 3.8) is 0 Å². The van der Waals surface area contributed by atoms with Crippen molar-refractivity contribution in [2.75, 3.05) is 26.2 Å². The van der Waals surface area contributed by atoms with E-state index in [1.54, 1.807) is 26.3 Å². The first-order chi connectivity index (χ1) is 19.3. The van der Waals surface area contributed by atoms with E-state index in [9.17, 15) is 19.2 Å². The van der Waals surface area contributed by atoms with Gasteiger partial charge in [-0.3, -0.25) is 24.6 Å². The SMILES string of the molecule is N=C(N)N1CCC([C@H](NC(=O)[C@@H]2CC[C@H]3CN(C(=O)CCc4ccccc4)CC(=O)N32)C(=O)c2nccs2)CC1. The summed E-state index contributed by atoms with van der Waals surface area (Å²) in [5.74, 6) is -1.01. The van der Waals surface area contributed by atoms with Gasteiger partial charge in [0, 0.05) is 37.6 Å². The van der Waals surface area contributed by atoms with Crippen LogP contribution < -0.4 is 11.1 Å². The number of piperidine rings is 1. The molecule has 3 amide bonds. The number of thiazole rings is 1. The molecule has 0 radical (unpaired) electrons. The fourth-order valence-electron chi connectivity index (χ4n) is 6.10. The van der Waals surface area contributed by atoms with Crippen LogP contribution in [0.25, 0.3) is 0 Å². The average molecular weight is 566 g/mol. The van der Waals surface area contributed by atoms with Crippen LogP contribution in [0, 0.1) is 11.3 Å². The standard InChI is InChI=1S/C28H35N7O4S/c29-28(30)33-13-10-19(11-14-33)24(25(38)27-31-12-15-40-27)32-26(39)21-8-7-20-16-34(17-23(37)35(20)21)22(36)9-6-18-4-2-1-3-5-18/h1-5,12,15,19-21,24H,6-11,13-14,16-17H2,(H3,29,30)(H,32,39)/t20-,21-,24-/m0/s1. The molecule has 3 aliphatic rings. The van der Waals surface area contributed by atoms with Gasteiger partial charge in [-0.05, 0) is 43.6 Å². The van der Waals surface area contributed by atoms with Crippen LogP contribution in [0.1, 0.15) is 47.5 Å². The molecule has 5 rings (SSSR count). The van der Waals surface area contributed by atoms with E-state index in [2.05, 4.69) is 10.3 Å². The molecular weight excluding hydrogens is 530 g/mol. The molecule has 3 atom stereocenters. The Hall–Kier alpha value is -3.80. The highest BCUT2D eigenvalue weighted by molar-refractivity contribution is 7.11. The number of carbonyl (C=O) groups excluding carboxylic acids is 4. The maximum Gasteiger partial charge on any atom is 0.243 e. The van der Waals surface area contributed by atoms with Crippen molar-refractivity contribution in [2.24, 2.45) is 11.7 Å². The number of fused-ring (bicyclic) bond motifs is 1. The van der Waals surface area contributed by atoms with Gasteiger partial charge in [0.25, 0.3) is 0 Å². The van der Waals surface area contributed by atoms with E-state index in [0.29, 0.717) is 63.2 Å². The lowest BCUT2D eigenvalue weighted by molar-refractivity contribution is -0.151. The Labute approximate surface area is 237 Å². The van der Waals surface area contributed by atoms with Crippen LogP contribution in [0.4, 0.5) is 0 Å². The molecule has 0 saturated carbocycles. The number of guanidine groups is 1. The van der Waals surface area contributed by atoms with Gasteiger partial charge in [0.2, 0.25) is 23.5 Å². The van der Waals surface area contributed by atoms with Gasteiger partial charge in [0.15, 0.2) is 11.0 Å². The number of aryl methyl sites for hydroxylation is 1. The second-order valence-corrected chi connectivity index (χ2v) is 11.6. The summed E-state index contributed by atoms with van der Waals surface area (Å²) in [6.45, 7) is 1.43. The molecule has 3 saturated heterocycles. The fraction of sp³-hybridized carbons (Fsp3) is 0.500. The molecule has 0 unspecified atom stereocenters. The summed E-state index contributed by atoms with van der Waals surface area (Å²) in [4.78, 5) is 62.3. The highest BCUT2D eigenvalue weighted by atomic mass is 32.1. The first kappa shape index (κ1) is 27.8. The van der Waals surface area contributed by atoms with E-state index in [-0.39, 0.29) is 48.0 Å². The van der Waals surface area contributed by atoms with Gasteiger partial charge in [-0.1, -0.05) is 30.3 Å². The van der Waals surface area contributed by atoms with Crippen molar-refractivity contribution >= 4 is 40.8 Å². The summed E-state index contributed by atoms with van der Waals surface area (Å²) in [5, 5.41) is 12.7. The van der Waals surface area contributed by atoms with E-state index in [1.807, 2.05) is 30.3 Å². The van der Waals surface area contributed by atoms with Crippen molar-refractivity contribution < 1.29 is 19.2 Å². The number of benzene rings is 1. The van der Waals surface area contributed by atoms with Gasteiger partial charge in [-0.2, -0.15) is 0 Å². The van der Waals surface area contributed by atoms with Gasteiger partial charge in [0.05, 0.1) is 18.6 Å². The zero-order valence-corrected chi connectivity index (χ0v) is 23.1. The Morgan fingerprint density at radius 3 is 2.52 bits per heavy atom. The predicted octanol–water partition coefficient (Wildman–Crippen LogP) is 1.25. The highest BCUT2D eigenvalue weighted by Crippen LogP contribution is 2.30. The minimum Gasteiger partial charge on any atom is -0.370 e. The third-order valence-electron chi connectivity index (χ3n) is 8.25. The lowest BCUT2D eigenvalue weighted by atomic mass is 9.86. The number of rotatable bonds is 8. The Morgan fingerprint density at radius 2 is 1.85 bits per heavy atom. The molecule has 1 aromatic carbocycles. The number of nitrogens with one attached hydrogen (secondary N) is 2. The molecule has 1 aromatic heterocycles. The number of Topliss-reactive ketones (excluding diaryl/α,β-unsaturated/α-hetero) is 1. The molecule has 4 heterocycles. The van der Waals surface area contributed by atoms with E-state index < -0.39 is 12.1 Å². The van der Waals surface area contributed by atoms with Gasteiger partial charge < -0.3 is 25.8 Å². The zero-order chi connectivity index (χ0) is 28.2. The van der Waals surface area contributed by atoms with Gasteiger partial charge in [-0.25, -0.2) is 4.98 Å². The van der Waals surface area contributed by atoms with Gasteiger partial charge in [-0.15, -0.1) is 11.3 Å². The molecule has 3 aliphatic heterocycles. The molecule has 3 fully saturated rings. The molecule has 2 aromatic rings. The summed E-state index contributed by atoms with van der Waals surface area (Å²) in [6, 6.07) is 8.11. The normalized spacial score (nSPS) is 22.1. The first-order valence-electron chi connectivity index (χ1n) is 13.8. The summed E-state index contributed by atoms with van der Waals surface area (Å²) < 4.78 is 0. The average Bonchev–Trinajstić information content (AvgIpc) is 3.66. The first-order valence-corrected chi connectivity index (χ1v) is 14.7. The van der Waals surface area contributed by atoms with Crippen LogP contribution >= 0.6 is 11.3 Å². The smallest absolute Gasteiger partial charge is 0.243 e. The van der Waals surface area contributed by atoms with Crippen LogP contribution in [0.2, 0.25) is 0 Å². The third-order valence-corrected chi connectivity index (χ3v) is 9.04. The Bertz CT molecular complexity index is 1250. The topological polar surface area (TPSA) is 153 Å². The number of ketones is 1.